The zero-order valence-corrected chi connectivity index (χ0v) is 47.8. The lowest BCUT2D eigenvalue weighted by atomic mass is 9.86. The molecule has 6 aromatic heterocycles. The predicted octanol–water partition coefficient (Wildman–Crippen LogP) is 12.9. The Hall–Kier alpha value is -7.64. The molecule has 2 aliphatic rings. The second-order valence-electron chi connectivity index (χ2n) is 22.9. The van der Waals surface area contributed by atoms with E-state index in [2.05, 4.69) is 31.5 Å². The van der Waals surface area contributed by atoms with Crippen molar-refractivity contribution in [3.8, 4) is 34.0 Å². The second kappa shape index (κ2) is 21.9. The second-order valence-corrected chi connectivity index (χ2v) is 22.9. The minimum Gasteiger partial charge on any atom is -0.494 e. The van der Waals surface area contributed by atoms with Crippen molar-refractivity contribution in [1.82, 2.24) is 38.7 Å². The van der Waals surface area contributed by atoms with Crippen LogP contribution in [-0.4, -0.2) is 89.5 Å². The van der Waals surface area contributed by atoms with Crippen molar-refractivity contribution in [3.05, 3.63) is 154 Å². The number of nitrogens with zero attached hydrogens (tertiary/aromatic N) is 8. The highest BCUT2D eigenvalue weighted by atomic mass is 19.1. The van der Waals surface area contributed by atoms with Gasteiger partial charge in [0.05, 0.1) is 94.4 Å². The van der Waals surface area contributed by atoms with E-state index in [0.29, 0.717) is 63.2 Å². The number of benzene rings is 4. The van der Waals surface area contributed by atoms with Crippen molar-refractivity contribution < 1.29 is 46.7 Å². The molecule has 8 heterocycles. The van der Waals surface area contributed by atoms with E-state index >= 15 is 17.6 Å². The van der Waals surface area contributed by atoms with Crippen LogP contribution in [0.4, 0.5) is 17.6 Å². The number of pyridine rings is 2. The average molecular weight is 1120 g/mol. The number of methoxy groups -OCH3 is 2. The number of fused-ring (bicyclic) bond motifs is 6. The summed E-state index contributed by atoms with van der Waals surface area (Å²) in [7, 11) is 6.43. The van der Waals surface area contributed by atoms with Crippen LogP contribution >= 0.6 is 0 Å². The number of aromatic nitrogens is 8. The monoisotopic (exact) mass is 1120 g/mol. The van der Waals surface area contributed by atoms with E-state index in [4.69, 9.17) is 28.9 Å². The maximum Gasteiger partial charge on any atom is 0.165 e. The molecule has 82 heavy (non-hydrogen) atoms. The zero-order chi connectivity index (χ0) is 58.1. The third-order valence-electron chi connectivity index (χ3n) is 16.6. The summed E-state index contributed by atoms with van der Waals surface area (Å²) in [6.45, 7) is 13.1. The SMILES string of the molecule is COc1cc(F)c(C(C2CCOCC2)n2c3cc(C(C)(C)O)ccc3c3ncc(-c4c(C)cnn4C)cc32)cc1F.COc1cc(F)c(C(C2CCOCC2)n2c3cc(C(C)(C)O)ccc3c3ncc(-c4c(C)cnn4C)cc32)cc1F. The van der Waals surface area contributed by atoms with Crippen molar-refractivity contribution in [3.63, 3.8) is 0 Å². The number of rotatable bonds is 12. The van der Waals surface area contributed by atoms with Gasteiger partial charge in [0.2, 0.25) is 0 Å². The topological polar surface area (TPSA) is 149 Å². The molecule has 4 aromatic carbocycles. The molecule has 0 radical (unpaired) electrons. The highest BCUT2D eigenvalue weighted by molar-refractivity contribution is 6.08. The molecule has 18 heteroatoms. The van der Waals surface area contributed by atoms with E-state index in [1.807, 2.05) is 98.5 Å². The molecule has 0 aliphatic carbocycles. The van der Waals surface area contributed by atoms with Crippen LogP contribution in [0.3, 0.4) is 0 Å². The van der Waals surface area contributed by atoms with E-state index in [-0.39, 0.29) is 34.5 Å². The first kappa shape index (κ1) is 56.2. The third kappa shape index (κ3) is 10.2. The zero-order valence-electron chi connectivity index (χ0n) is 47.8. The molecular weight excluding hydrogens is 1050 g/mol. The molecule has 2 aliphatic heterocycles. The number of aliphatic hydroxyl groups is 2. The van der Waals surface area contributed by atoms with E-state index < -0.39 is 46.6 Å². The average Bonchev–Trinajstić information content (AvgIpc) is 3.00. The molecular formula is C64H68F4N8O6. The fraction of sp³-hybridized carbons (Fsp3) is 0.375. The van der Waals surface area contributed by atoms with Crippen molar-refractivity contribution in [1.29, 1.82) is 0 Å². The third-order valence-corrected chi connectivity index (χ3v) is 16.6. The lowest BCUT2D eigenvalue weighted by Crippen LogP contribution is -2.28. The van der Waals surface area contributed by atoms with Gasteiger partial charge in [0, 0.05) is 98.1 Å². The van der Waals surface area contributed by atoms with Gasteiger partial charge in [-0.15, -0.1) is 0 Å². The summed E-state index contributed by atoms with van der Waals surface area (Å²) in [6, 6.07) is 19.3. The van der Waals surface area contributed by atoms with E-state index in [1.165, 1.54) is 26.4 Å². The van der Waals surface area contributed by atoms with Gasteiger partial charge < -0.3 is 38.3 Å². The number of halogens is 4. The first-order chi connectivity index (χ1) is 39.2. The first-order valence-corrected chi connectivity index (χ1v) is 27.7. The van der Waals surface area contributed by atoms with Gasteiger partial charge in [-0.05, 0) is 138 Å². The van der Waals surface area contributed by atoms with Crippen molar-refractivity contribution in [2.24, 2.45) is 25.9 Å². The van der Waals surface area contributed by atoms with Gasteiger partial charge in [-0.2, -0.15) is 10.2 Å². The van der Waals surface area contributed by atoms with Gasteiger partial charge >= 0.3 is 0 Å². The Morgan fingerprint density at radius 1 is 0.524 bits per heavy atom. The summed E-state index contributed by atoms with van der Waals surface area (Å²) in [6.07, 6.45) is 10.00. The Morgan fingerprint density at radius 2 is 0.902 bits per heavy atom. The minimum atomic E-state index is -1.11. The van der Waals surface area contributed by atoms with Crippen LogP contribution in [0.2, 0.25) is 0 Å². The molecule has 2 N–H and O–H groups in total. The van der Waals surface area contributed by atoms with Gasteiger partial charge in [-0.3, -0.25) is 19.3 Å². The van der Waals surface area contributed by atoms with Gasteiger partial charge in [-0.1, -0.05) is 24.3 Å². The van der Waals surface area contributed by atoms with Crippen LogP contribution in [0, 0.1) is 49.0 Å². The van der Waals surface area contributed by atoms with Gasteiger partial charge in [0.25, 0.3) is 0 Å². The summed E-state index contributed by atoms with van der Waals surface area (Å²) in [5.41, 5.74) is 9.95. The van der Waals surface area contributed by atoms with Crippen molar-refractivity contribution in [2.75, 3.05) is 40.6 Å². The van der Waals surface area contributed by atoms with Gasteiger partial charge in [-0.25, -0.2) is 17.6 Å². The van der Waals surface area contributed by atoms with Crippen molar-refractivity contribution in [2.45, 2.75) is 90.5 Å². The molecule has 0 amide bonds. The molecule has 2 fully saturated rings. The smallest absolute Gasteiger partial charge is 0.165 e. The molecule has 2 atom stereocenters. The highest BCUT2D eigenvalue weighted by Gasteiger charge is 2.36. The van der Waals surface area contributed by atoms with E-state index in [1.54, 1.807) is 27.7 Å². The van der Waals surface area contributed by atoms with Crippen LogP contribution in [0.1, 0.15) is 98.8 Å². The number of hydrogen-bond acceptors (Lipinski definition) is 10. The molecule has 10 aromatic rings. The Balaban J connectivity index is 0.000000172. The van der Waals surface area contributed by atoms with E-state index in [9.17, 15) is 10.2 Å². The molecule has 0 saturated carbocycles. The molecule has 0 spiro atoms. The summed E-state index contributed by atoms with van der Waals surface area (Å²) in [5.74, 6) is -2.69. The number of aryl methyl sites for hydroxylation is 4. The lowest BCUT2D eigenvalue weighted by molar-refractivity contribution is 0.0547. The quantitative estimate of drug-likeness (QED) is 0.113. The van der Waals surface area contributed by atoms with Gasteiger partial charge in [0.15, 0.2) is 23.1 Å². The van der Waals surface area contributed by atoms with Gasteiger partial charge in [0.1, 0.15) is 11.6 Å². The van der Waals surface area contributed by atoms with Crippen LogP contribution < -0.4 is 9.47 Å². The Bertz CT molecular complexity index is 3750. The first-order valence-electron chi connectivity index (χ1n) is 27.7. The Labute approximate surface area is 472 Å². The fourth-order valence-corrected chi connectivity index (χ4v) is 12.5. The number of hydrogen-bond donors (Lipinski definition) is 2. The van der Waals surface area contributed by atoms with E-state index in [0.717, 1.165) is 89.6 Å². The molecule has 2 unspecified atom stereocenters. The summed E-state index contributed by atoms with van der Waals surface area (Å²) < 4.78 is 91.6. The number of ether oxygens (including phenoxy) is 4. The summed E-state index contributed by atoms with van der Waals surface area (Å²) in [4.78, 5) is 9.82. The van der Waals surface area contributed by atoms with Crippen LogP contribution in [0.5, 0.6) is 11.5 Å². The van der Waals surface area contributed by atoms with Crippen molar-refractivity contribution >= 4 is 43.9 Å². The normalized spacial score (nSPS) is 15.6. The molecule has 12 rings (SSSR count). The maximum absolute atomic E-state index is 15.9. The van der Waals surface area contributed by atoms with Crippen LogP contribution in [0.15, 0.2) is 97.6 Å². The summed E-state index contributed by atoms with van der Waals surface area (Å²) >= 11 is 0. The Morgan fingerprint density at radius 3 is 1.23 bits per heavy atom. The molecule has 2 saturated heterocycles. The van der Waals surface area contributed by atoms with Crippen LogP contribution in [0.25, 0.3) is 66.4 Å². The fourth-order valence-electron chi connectivity index (χ4n) is 12.5. The Kier molecular flexibility index (Phi) is 15.0. The highest BCUT2D eigenvalue weighted by Crippen LogP contribution is 2.46. The molecule has 0 bridgehead atoms. The largest absolute Gasteiger partial charge is 0.494 e. The molecule has 14 nitrogen and oxygen atoms in total. The molecule has 428 valence electrons. The van der Waals surface area contributed by atoms with Crippen LogP contribution in [-0.2, 0) is 34.8 Å². The lowest BCUT2D eigenvalue weighted by Gasteiger charge is -2.33. The maximum atomic E-state index is 15.9. The predicted molar refractivity (Wildman–Crippen MR) is 308 cm³/mol. The standard InChI is InChI=1S/2C32H34F2N4O3/c2*1-18-16-36-37(4)30(18)20-12-27-29(35-17-20)22-7-6-21(32(2,3)39)13-26(22)38(27)31(19-8-10-41-11-9-19)23-14-25(34)28(40-5)15-24(23)33/h2*6-7,12-17,19,31,39H,8-11H2,1-5H3. The minimum absolute atomic E-state index is 0.0438. The summed E-state index contributed by atoms with van der Waals surface area (Å²) in [5, 5.41) is 32.4.